The van der Waals surface area contributed by atoms with Crippen LogP contribution in [0, 0.1) is 0 Å². The van der Waals surface area contributed by atoms with Crippen molar-refractivity contribution in [3.05, 3.63) is 63.1 Å². The van der Waals surface area contributed by atoms with Crippen molar-refractivity contribution in [1.82, 2.24) is 0 Å². The molecule has 2 rings (SSSR count). The molecule has 1 N–H and O–H groups in total. The Kier molecular flexibility index (Phi) is 5.31. The lowest BCUT2D eigenvalue weighted by Crippen LogP contribution is -2.21. The number of benzene rings is 2. The molecule has 1 unspecified atom stereocenters. The van der Waals surface area contributed by atoms with E-state index < -0.39 is 6.10 Å². The van der Waals surface area contributed by atoms with E-state index in [0.717, 1.165) is 20.7 Å². The van der Waals surface area contributed by atoms with Crippen LogP contribution in [0.15, 0.2) is 46.9 Å². The first-order valence-electron chi connectivity index (χ1n) is 6.86. The molecule has 4 heteroatoms. The predicted octanol–water partition coefficient (Wildman–Crippen LogP) is 5.35. The van der Waals surface area contributed by atoms with Crippen molar-refractivity contribution in [3.63, 3.8) is 0 Å². The molecule has 0 bridgehead atoms. The molecule has 2 aromatic carbocycles. The molecule has 0 saturated carbocycles. The lowest BCUT2D eigenvalue weighted by atomic mass is 10.1. The summed E-state index contributed by atoms with van der Waals surface area (Å²) in [6, 6.07) is 14.1. The van der Waals surface area contributed by atoms with Gasteiger partial charge in [0.2, 0.25) is 0 Å². The second-order valence-corrected chi connectivity index (χ2v) is 6.51. The van der Waals surface area contributed by atoms with Gasteiger partial charge in [0, 0.05) is 22.2 Å². The Morgan fingerprint density at radius 2 is 1.86 bits per heavy atom. The lowest BCUT2D eigenvalue weighted by molar-refractivity contribution is 0.198. The van der Waals surface area contributed by atoms with Crippen LogP contribution in [0.25, 0.3) is 0 Å². The van der Waals surface area contributed by atoms with E-state index in [-0.39, 0.29) is 6.04 Å². The summed E-state index contributed by atoms with van der Waals surface area (Å²) in [4.78, 5) is 2.18. The Morgan fingerprint density at radius 3 is 2.43 bits per heavy atom. The van der Waals surface area contributed by atoms with Crippen molar-refractivity contribution in [2.75, 3.05) is 11.9 Å². The summed E-state index contributed by atoms with van der Waals surface area (Å²) < 4.78 is 0.917. The van der Waals surface area contributed by atoms with Gasteiger partial charge in [-0.25, -0.2) is 0 Å². The van der Waals surface area contributed by atoms with Gasteiger partial charge in [0.25, 0.3) is 0 Å². The van der Waals surface area contributed by atoms with Crippen LogP contribution >= 0.6 is 27.5 Å². The SMILES string of the molecule is CC(c1cccc(Cl)c1)N(C)c1ccc([C@@H](C)O)c(Br)c1. The molecule has 21 heavy (non-hydrogen) atoms. The Labute approximate surface area is 139 Å². The number of nitrogens with zero attached hydrogens (tertiary/aromatic N) is 1. The van der Waals surface area contributed by atoms with Gasteiger partial charge in [-0.1, -0.05) is 45.7 Å². The molecule has 0 radical (unpaired) electrons. The first-order valence-corrected chi connectivity index (χ1v) is 8.03. The summed E-state index contributed by atoms with van der Waals surface area (Å²) in [6.45, 7) is 3.90. The predicted molar refractivity (Wildman–Crippen MR) is 93.0 cm³/mol. The van der Waals surface area contributed by atoms with Crippen LogP contribution in [-0.4, -0.2) is 12.2 Å². The van der Waals surface area contributed by atoms with Gasteiger partial charge in [0.05, 0.1) is 12.1 Å². The number of hydrogen-bond acceptors (Lipinski definition) is 2. The number of hydrogen-bond donors (Lipinski definition) is 1. The maximum absolute atomic E-state index is 9.69. The fraction of sp³-hybridized carbons (Fsp3) is 0.294. The van der Waals surface area contributed by atoms with Gasteiger partial charge in [-0.15, -0.1) is 0 Å². The van der Waals surface area contributed by atoms with Crippen LogP contribution in [0.1, 0.15) is 37.1 Å². The molecule has 2 atom stereocenters. The van der Waals surface area contributed by atoms with E-state index in [1.165, 1.54) is 5.56 Å². The third-order valence-corrected chi connectivity index (χ3v) is 4.68. The summed E-state index contributed by atoms with van der Waals surface area (Å²) in [7, 11) is 2.05. The van der Waals surface area contributed by atoms with Crippen molar-refractivity contribution in [2.24, 2.45) is 0 Å². The van der Waals surface area contributed by atoms with E-state index >= 15 is 0 Å². The molecule has 0 fully saturated rings. The highest BCUT2D eigenvalue weighted by molar-refractivity contribution is 9.10. The Hall–Kier alpha value is -1.03. The van der Waals surface area contributed by atoms with Crippen molar-refractivity contribution in [1.29, 1.82) is 0 Å². The van der Waals surface area contributed by atoms with Gasteiger partial charge in [-0.2, -0.15) is 0 Å². The zero-order valence-electron chi connectivity index (χ0n) is 12.3. The quantitative estimate of drug-likeness (QED) is 0.786. The normalized spacial score (nSPS) is 13.8. The maximum Gasteiger partial charge on any atom is 0.0772 e. The van der Waals surface area contributed by atoms with Gasteiger partial charge in [0.1, 0.15) is 0 Å². The molecular weight excluding hydrogens is 350 g/mol. The van der Waals surface area contributed by atoms with E-state index in [2.05, 4.69) is 40.9 Å². The standard InChI is InChI=1S/C17H19BrClNO/c1-11(13-5-4-6-14(19)9-13)20(3)15-7-8-16(12(2)21)17(18)10-15/h4-12,21H,1-3H3/t11?,12-/m1/s1. The minimum atomic E-state index is -0.482. The molecule has 0 aromatic heterocycles. The number of aliphatic hydroxyl groups excluding tert-OH is 1. The highest BCUT2D eigenvalue weighted by atomic mass is 79.9. The third-order valence-electron chi connectivity index (χ3n) is 3.75. The zero-order chi connectivity index (χ0) is 15.6. The molecule has 0 aliphatic heterocycles. The smallest absolute Gasteiger partial charge is 0.0772 e. The summed E-state index contributed by atoms with van der Waals surface area (Å²) in [5.74, 6) is 0. The van der Waals surface area contributed by atoms with E-state index in [1.807, 2.05) is 36.4 Å². The molecule has 2 aromatic rings. The Morgan fingerprint density at radius 1 is 1.14 bits per heavy atom. The van der Waals surface area contributed by atoms with Crippen molar-refractivity contribution in [3.8, 4) is 0 Å². The molecule has 0 spiro atoms. The van der Waals surface area contributed by atoms with E-state index in [1.54, 1.807) is 6.92 Å². The topological polar surface area (TPSA) is 23.5 Å². The van der Waals surface area contributed by atoms with Gasteiger partial charge >= 0.3 is 0 Å². The average molecular weight is 369 g/mol. The fourth-order valence-electron chi connectivity index (χ4n) is 2.29. The average Bonchev–Trinajstić information content (AvgIpc) is 2.45. The number of anilines is 1. The third kappa shape index (κ3) is 3.79. The maximum atomic E-state index is 9.69. The minimum absolute atomic E-state index is 0.202. The van der Waals surface area contributed by atoms with Gasteiger partial charge in [-0.3, -0.25) is 0 Å². The summed E-state index contributed by atoms with van der Waals surface area (Å²) in [5, 5.41) is 10.4. The monoisotopic (exact) mass is 367 g/mol. The van der Waals surface area contributed by atoms with Gasteiger partial charge < -0.3 is 10.0 Å². The highest BCUT2D eigenvalue weighted by Crippen LogP contribution is 2.32. The van der Waals surface area contributed by atoms with Crippen LogP contribution in [0.3, 0.4) is 0 Å². The fourth-order valence-corrected chi connectivity index (χ4v) is 3.18. The Bertz CT molecular complexity index is 630. The largest absolute Gasteiger partial charge is 0.389 e. The van der Waals surface area contributed by atoms with E-state index in [9.17, 15) is 5.11 Å². The second kappa shape index (κ2) is 6.82. The van der Waals surface area contributed by atoms with Crippen LogP contribution in [0.2, 0.25) is 5.02 Å². The number of halogens is 2. The van der Waals surface area contributed by atoms with Gasteiger partial charge in [0.15, 0.2) is 0 Å². The number of aliphatic hydroxyl groups is 1. The van der Waals surface area contributed by atoms with Crippen molar-refractivity contribution >= 4 is 33.2 Å². The molecule has 0 saturated heterocycles. The molecule has 0 amide bonds. The molecule has 2 nitrogen and oxygen atoms in total. The molecule has 112 valence electrons. The Balaban J connectivity index is 2.27. The van der Waals surface area contributed by atoms with Crippen LogP contribution in [-0.2, 0) is 0 Å². The number of rotatable bonds is 4. The first kappa shape index (κ1) is 16.3. The summed E-state index contributed by atoms with van der Waals surface area (Å²) in [5.41, 5.74) is 3.14. The highest BCUT2D eigenvalue weighted by Gasteiger charge is 2.14. The summed E-state index contributed by atoms with van der Waals surface area (Å²) >= 11 is 9.59. The van der Waals surface area contributed by atoms with Crippen LogP contribution < -0.4 is 4.90 Å². The minimum Gasteiger partial charge on any atom is -0.389 e. The first-order chi connectivity index (χ1) is 9.90. The molecular formula is C17H19BrClNO. The van der Waals surface area contributed by atoms with E-state index in [0.29, 0.717) is 0 Å². The van der Waals surface area contributed by atoms with Crippen molar-refractivity contribution < 1.29 is 5.11 Å². The van der Waals surface area contributed by atoms with Crippen LogP contribution in [0.4, 0.5) is 5.69 Å². The summed E-state index contributed by atoms with van der Waals surface area (Å²) in [6.07, 6.45) is -0.482. The van der Waals surface area contributed by atoms with Crippen LogP contribution in [0.5, 0.6) is 0 Å². The van der Waals surface area contributed by atoms with E-state index in [4.69, 9.17) is 11.6 Å². The van der Waals surface area contributed by atoms with Gasteiger partial charge in [-0.05, 0) is 49.2 Å². The molecule has 0 aliphatic carbocycles. The zero-order valence-corrected chi connectivity index (χ0v) is 14.7. The molecule has 0 heterocycles. The van der Waals surface area contributed by atoms with Crippen molar-refractivity contribution in [2.45, 2.75) is 26.0 Å². The lowest BCUT2D eigenvalue weighted by Gasteiger charge is -2.28. The second-order valence-electron chi connectivity index (χ2n) is 5.22. The molecule has 0 aliphatic rings.